The van der Waals surface area contributed by atoms with Crippen molar-refractivity contribution in [2.24, 2.45) is 0 Å². The highest BCUT2D eigenvalue weighted by atomic mass is 31.2. The number of hydrogen-bond acceptors (Lipinski definition) is 4. The van der Waals surface area contributed by atoms with E-state index in [1.165, 1.54) is 20.8 Å². The van der Waals surface area contributed by atoms with Gasteiger partial charge < -0.3 is 14.2 Å². The van der Waals surface area contributed by atoms with Gasteiger partial charge in [-0.15, -0.1) is 5.92 Å². The number of carboxylic acids is 1. The Labute approximate surface area is 93.5 Å². The van der Waals surface area contributed by atoms with Gasteiger partial charge in [-0.1, -0.05) is 0 Å². The molecule has 1 N–H and O–H groups in total. The summed E-state index contributed by atoms with van der Waals surface area (Å²) in [6, 6.07) is 0. The molecule has 0 saturated carbocycles. The van der Waals surface area contributed by atoms with Crippen LogP contribution >= 0.6 is 7.60 Å². The van der Waals surface area contributed by atoms with Crippen LogP contribution in [0.25, 0.3) is 0 Å². The molecule has 16 heavy (non-hydrogen) atoms. The quantitative estimate of drug-likeness (QED) is 0.578. The number of carboxylic acid groups (broad SMARTS) is 1. The van der Waals surface area contributed by atoms with Crippen molar-refractivity contribution in [3.05, 3.63) is 0 Å². The lowest BCUT2D eigenvalue weighted by molar-refractivity contribution is -0.143. The Hall–Kier alpha value is -0.890. The van der Waals surface area contributed by atoms with Crippen molar-refractivity contribution in [3.8, 4) is 11.8 Å². The van der Waals surface area contributed by atoms with E-state index in [9.17, 15) is 13.8 Å². The van der Waals surface area contributed by atoms with E-state index in [1.807, 2.05) is 0 Å². The lowest BCUT2D eigenvalue weighted by Crippen LogP contribution is -2.33. The molecule has 0 aromatic rings. The van der Waals surface area contributed by atoms with Crippen molar-refractivity contribution in [3.63, 3.8) is 0 Å². The van der Waals surface area contributed by atoms with E-state index in [4.69, 9.17) is 5.11 Å². The maximum Gasteiger partial charge on any atom is 0.391 e. The maximum absolute atomic E-state index is 14.1. The van der Waals surface area contributed by atoms with Crippen LogP contribution in [0.1, 0.15) is 20.8 Å². The maximum atomic E-state index is 14.1. The Kier molecular flexibility index (Phi) is 5.66. The number of hydrogen-bond donors (Lipinski definition) is 1. The SMILES string of the molecule is CC#CC(F)(C(=O)O)P(=O)(OCC)OCC. The topological polar surface area (TPSA) is 72.8 Å². The van der Waals surface area contributed by atoms with Gasteiger partial charge in [0, 0.05) is 0 Å². The molecule has 0 amide bonds. The highest BCUT2D eigenvalue weighted by Crippen LogP contribution is 2.60. The molecular weight excluding hydrogens is 238 g/mol. The third-order valence-corrected chi connectivity index (χ3v) is 3.80. The molecule has 7 heteroatoms. The van der Waals surface area contributed by atoms with Gasteiger partial charge >= 0.3 is 19.0 Å². The van der Waals surface area contributed by atoms with E-state index >= 15 is 0 Å². The van der Waals surface area contributed by atoms with E-state index in [0.717, 1.165) is 0 Å². The van der Waals surface area contributed by atoms with Crippen molar-refractivity contribution >= 4 is 13.6 Å². The van der Waals surface area contributed by atoms with Crippen LogP contribution in [0.5, 0.6) is 0 Å². The van der Waals surface area contributed by atoms with E-state index in [1.54, 1.807) is 5.92 Å². The van der Waals surface area contributed by atoms with Gasteiger partial charge in [-0.2, -0.15) is 0 Å². The summed E-state index contributed by atoms with van der Waals surface area (Å²) in [7, 11) is -4.45. The second-order valence-electron chi connectivity index (χ2n) is 2.64. The summed E-state index contributed by atoms with van der Waals surface area (Å²) in [5.74, 6) is 1.83. The minimum Gasteiger partial charge on any atom is -0.478 e. The monoisotopic (exact) mass is 252 g/mol. The Morgan fingerprint density at radius 2 is 1.88 bits per heavy atom. The van der Waals surface area contributed by atoms with E-state index in [0.29, 0.717) is 0 Å². The zero-order valence-corrected chi connectivity index (χ0v) is 10.2. The van der Waals surface area contributed by atoms with E-state index in [-0.39, 0.29) is 13.2 Å². The van der Waals surface area contributed by atoms with Crippen molar-refractivity contribution in [2.45, 2.75) is 26.2 Å². The molecule has 1 atom stereocenters. The predicted molar refractivity (Wildman–Crippen MR) is 55.8 cm³/mol. The average molecular weight is 252 g/mol. The Bertz CT molecular complexity index is 349. The molecule has 0 saturated heterocycles. The molecule has 0 bridgehead atoms. The predicted octanol–water partition coefficient (Wildman–Crippen LogP) is 2.03. The first-order chi connectivity index (χ1) is 7.38. The smallest absolute Gasteiger partial charge is 0.391 e. The van der Waals surface area contributed by atoms with E-state index in [2.05, 4.69) is 15.0 Å². The Morgan fingerprint density at radius 1 is 1.44 bits per heavy atom. The van der Waals surface area contributed by atoms with Crippen LogP contribution in [0.3, 0.4) is 0 Å². The molecule has 0 spiro atoms. The van der Waals surface area contributed by atoms with Crippen LogP contribution in [0, 0.1) is 11.8 Å². The largest absolute Gasteiger partial charge is 0.478 e. The summed E-state index contributed by atoms with van der Waals surface area (Å²) >= 11 is 0. The first-order valence-corrected chi connectivity index (χ1v) is 6.17. The van der Waals surface area contributed by atoms with Crippen LogP contribution in [-0.4, -0.2) is 29.7 Å². The molecule has 0 fully saturated rings. The third kappa shape index (κ3) is 2.82. The van der Waals surface area contributed by atoms with Gasteiger partial charge in [-0.3, -0.25) is 4.57 Å². The molecule has 0 aromatic carbocycles. The van der Waals surface area contributed by atoms with Crippen LogP contribution < -0.4 is 0 Å². The summed E-state index contributed by atoms with van der Waals surface area (Å²) in [5, 5.41) is 5.42. The molecule has 5 nitrogen and oxygen atoms in total. The molecule has 1 unspecified atom stereocenters. The van der Waals surface area contributed by atoms with Crippen molar-refractivity contribution < 1.29 is 27.9 Å². The van der Waals surface area contributed by atoms with Gasteiger partial charge in [-0.25, -0.2) is 9.18 Å². The lowest BCUT2D eigenvalue weighted by Gasteiger charge is -2.24. The summed E-state index contributed by atoms with van der Waals surface area (Å²) in [6.07, 6.45) is 0. The number of alkyl halides is 1. The van der Waals surface area contributed by atoms with Crippen molar-refractivity contribution in [1.82, 2.24) is 0 Å². The second kappa shape index (κ2) is 6.00. The molecule has 0 aliphatic carbocycles. The number of halogens is 1. The fourth-order valence-corrected chi connectivity index (χ4v) is 2.55. The van der Waals surface area contributed by atoms with Gasteiger partial charge in [0.05, 0.1) is 13.2 Å². The summed E-state index contributed by atoms with van der Waals surface area (Å²) < 4.78 is 35.3. The first kappa shape index (κ1) is 15.1. The van der Waals surface area contributed by atoms with Gasteiger partial charge in [0.1, 0.15) is 0 Å². The molecule has 0 rings (SSSR count). The average Bonchev–Trinajstić information content (AvgIpc) is 2.18. The highest BCUT2D eigenvalue weighted by Gasteiger charge is 2.58. The lowest BCUT2D eigenvalue weighted by atomic mass is 10.4. The van der Waals surface area contributed by atoms with Crippen LogP contribution in [0.2, 0.25) is 0 Å². The second-order valence-corrected chi connectivity index (χ2v) is 4.76. The van der Waals surface area contributed by atoms with Crippen molar-refractivity contribution in [1.29, 1.82) is 0 Å². The zero-order chi connectivity index (χ0) is 12.8. The Morgan fingerprint density at radius 3 is 2.12 bits per heavy atom. The molecule has 0 aromatic heterocycles. The van der Waals surface area contributed by atoms with Gasteiger partial charge in [-0.05, 0) is 26.7 Å². The van der Waals surface area contributed by atoms with Gasteiger partial charge in [0.15, 0.2) is 0 Å². The minimum absolute atomic E-state index is 0.137. The molecular formula is C9H14FO5P. The van der Waals surface area contributed by atoms with Gasteiger partial charge in [0.25, 0.3) is 0 Å². The number of carbonyl (C=O) groups is 1. The molecule has 0 radical (unpaired) electrons. The van der Waals surface area contributed by atoms with Crippen LogP contribution in [-0.2, 0) is 18.4 Å². The fraction of sp³-hybridized carbons (Fsp3) is 0.667. The standard InChI is InChI=1S/C9H14FO5P/c1-4-7-9(10,8(11)12)16(13,14-5-2)15-6-3/h5-6H2,1-3H3,(H,11,12). The molecule has 0 aliphatic heterocycles. The fourth-order valence-electron chi connectivity index (χ4n) is 0.960. The third-order valence-electron chi connectivity index (χ3n) is 1.55. The van der Waals surface area contributed by atoms with Crippen molar-refractivity contribution in [2.75, 3.05) is 13.2 Å². The Balaban J connectivity index is 5.49. The summed E-state index contributed by atoms with van der Waals surface area (Å²) in [4.78, 5) is 10.8. The van der Waals surface area contributed by atoms with Crippen LogP contribution in [0.4, 0.5) is 4.39 Å². The summed E-state index contributed by atoms with van der Waals surface area (Å²) in [6.45, 7) is 3.86. The number of rotatable bonds is 6. The minimum atomic E-state index is -4.45. The molecule has 92 valence electrons. The molecule has 0 aliphatic rings. The molecule has 0 heterocycles. The summed E-state index contributed by atoms with van der Waals surface area (Å²) in [5.41, 5.74) is 0. The highest BCUT2D eigenvalue weighted by molar-refractivity contribution is 7.57. The number of aliphatic carboxylic acids is 1. The first-order valence-electron chi connectivity index (χ1n) is 4.63. The zero-order valence-electron chi connectivity index (χ0n) is 9.32. The van der Waals surface area contributed by atoms with Gasteiger partial charge in [0.2, 0.25) is 0 Å². The van der Waals surface area contributed by atoms with Crippen LogP contribution in [0.15, 0.2) is 0 Å². The normalized spacial score (nSPS) is 14.8. The van der Waals surface area contributed by atoms with E-state index < -0.39 is 19.0 Å².